The Bertz CT molecular complexity index is 1200. The SMILES string of the molecule is Cc1ccc([C@@H]2C[C@H]2NCCC[C@H](NC(=O)c2ccc(-n3cccc3)cc2)C(=O)N2CCN(C)CC2)cc1. The third kappa shape index (κ3) is 6.52. The number of hydrogen-bond donors (Lipinski definition) is 2. The van der Waals surface area contributed by atoms with Crippen LogP contribution in [0.2, 0.25) is 0 Å². The van der Waals surface area contributed by atoms with Crippen LogP contribution >= 0.6 is 0 Å². The van der Waals surface area contributed by atoms with Crippen LogP contribution in [0.3, 0.4) is 0 Å². The van der Waals surface area contributed by atoms with E-state index in [0.717, 1.165) is 38.2 Å². The lowest BCUT2D eigenvalue weighted by atomic mass is 10.1. The number of hydrogen-bond acceptors (Lipinski definition) is 4. The summed E-state index contributed by atoms with van der Waals surface area (Å²) in [7, 11) is 2.08. The van der Waals surface area contributed by atoms with Crippen LogP contribution in [0.4, 0.5) is 0 Å². The fourth-order valence-electron chi connectivity index (χ4n) is 5.23. The van der Waals surface area contributed by atoms with Gasteiger partial charge >= 0.3 is 0 Å². The van der Waals surface area contributed by atoms with Gasteiger partial charge in [-0.25, -0.2) is 0 Å². The van der Waals surface area contributed by atoms with Crippen molar-refractivity contribution in [2.75, 3.05) is 39.8 Å². The minimum Gasteiger partial charge on any atom is -0.340 e. The molecule has 1 saturated carbocycles. The van der Waals surface area contributed by atoms with Crippen LogP contribution in [0.5, 0.6) is 0 Å². The zero-order valence-corrected chi connectivity index (χ0v) is 22.5. The van der Waals surface area contributed by atoms with E-state index < -0.39 is 6.04 Å². The summed E-state index contributed by atoms with van der Waals surface area (Å²) < 4.78 is 2.00. The van der Waals surface area contributed by atoms with Crippen molar-refractivity contribution in [1.29, 1.82) is 0 Å². The number of rotatable bonds is 10. The summed E-state index contributed by atoms with van der Waals surface area (Å²) in [5.41, 5.74) is 4.24. The summed E-state index contributed by atoms with van der Waals surface area (Å²) in [6.07, 6.45) is 6.54. The maximum Gasteiger partial charge on any atom is 0.251 e. The van der Waals surface area contributed by atoms with Crippen LogP contribution in [-0.2, 0) is 4.79 Å². The van der Waals surface area contributed by atoms with E-state index >= 15 is 0 Å². The first-order valence-electron chi connectivity index (χ1n) is 13.8. The molecule has 200 valence electrons. The van der Waals surface area contributed by atoms with Gasteiger partial charge < -0.3 is 25.0 Å². The summed E-state index contributed by atoms with van der Waals surface area (Å²) in [6.45, 7) is 6.07. The van der Waals surface area contributed by atoms with E-state index in [2.05, 4.69) is 53.8 Å². The molecule has 3 atom stereocenters. The maximum absolute atomic E-state index is 13.5. The van der Waals surface area contributed by atoms with Gasteiger partial charge in [0.2, 0.25) is 5.91 Å². The van der Waals surface area contributed by atoms with E-state index in [1.54, 1.807) is 0 Å². The molecule has 2 aromatic carbocycles. The molecule has 38 heavy (non-hydrogen) atoms. The predicted molar refractivity (Wildman–Crippen MR) is 151 cm³/mol. The number of likely N-dealkylation sites (N-methyl/N-ethyl adjacent to an activating group) is 1. The van der Waals surface area contributed by atoms with Crippen LogP contribution in [0.15, 0.2) is 73.1 Å². The molecule has 3 aromatic rings. The second kappa shape index (κ2) is 12.0. The van der Waals surface area contributed by atoms with Crippen LogP contribution in [0, 0.1) is 6.92 Å². The van der Waals surface area contributed by atoms with Gasteiger partial charge in [-0.05, 0) is 81.7 Å². The highest BCUT2D eigenvalue weighted by atomic mass is 16.2. The Morgan fingerprint density at radius 1 is 0.947 bits per heavy atom. The first-order valence-corrected chi connectivity index (χ1v) is 13.8. The number of carbonyl (C=O) groups is 2. The Morgan fingerprint density at radius 2 is 1.63 bits per heavy atom. The third-order valence-corrected chi connectivity index (χ3v) is 7.82. The molecule has 2 fully saturated rings. The number of aryl methyl sites for hydroxylation is 1. The Hall–Kier alpha value is -3.42. The van der Waals surface area contributed by atoms with Gasteiger partial charge in [0.15, 0.2) is 0 Å². The maximum atomic E-state index is 13.5. The highest BCUT2D eigenvalue weighted by molar-refractivity contribution is 5.97. The number of nitrogens with one attached hydrogen (secondary N) is 2. The van der Waals surface area contributed by atoms with Gasteiger partial charge in [0.25, 0.3) is 5.91 Å². The molecule has 7 nitrogen and oxygen atoms in total. The Kier molecular flexibility index (Phi) is 8.25. The van der Waals surface area contributed by atoms with Gasteiger partial charge in [-0.1, -0.05) is 29.8 Å². The van der Waals surface area contributed by atoms with Gasteiger partial charge in [-0.15, -0.1) is 0 Å². The monoisotopic (exact) mass is 513 g/mol. The second-order valence-electron chi connectivity index (χ2n) is 10.7. The van der Waals surface area contributed by atoms with Crippen molar-refractivity contribution in [3.05, 3.63) is 89.7 Å². The average molecular weight is 514 g/mol. The first kappa shape index (κ1) is 26.2. The molecular weight excluding hydrogens is 474 g/mol. The minimum absolute atomic E-state index is 0.0272. The van der Waals surface area contributed by atoms with E-state index in [1.165, 1.54) is 11.1 Å². The molecule has 0 spiro atoms. The number of nitrogens with zero attached hydrogens (tertiary/aromatic N) is 3. The minimum atomic E-state index is -0.524. The number of piperazine rings is 1. The Labute approximate surface area is 225 Å². The summed E-state index contributed by atoms with van der Waals surface area (Å²) in [4.78, 5) is 30.7. The molecule has 2 heterocycles. The molecule has 5 rings (SSSR count). The Balaban J connectivity index is 1.16. The standard InChI is InChI=1S/C31H39N5O2/c1-23-7-9-24(10-8-23)27-22-29(27)32-15-5-6-28(31(38)36-20-18-34(2)19-21-36)33-30(37)25-11-13-26(14-12-25)35-16-3-4-17-35/h3-4,7-14,16-17,27-29,32H,5-6,15,18-22H2,1-2H3,(H,33,37)/t27-,28-,29+/m0/s1. The topological polar surface area (TPSA) is 69.6 Å². The van der Waals surface area contributed by atoms with Crippen molar-refractivity contribution < 1.29 is 9.59 Å². The molecule has 2 amide bonds. The molecule has 0 bridgehead atoms. The molecule has 1 aliphatic heterocycles. The first-order chi connectivity index (χ1) is 18.5. The number of benzene rings is 2. The van der Waals surface area contributed by atoms with Gasteiger partial charge in [0.05, 0.1) is 0 Å². The lowest BCUT2D eigenvalue weighted by Crippen LogP contribution is -2.54. The molecule has 1 aliphatic carbocycles. The van der Waals surface area contributed by atoms with Crippen molar-refractivity contribution >= 4 is 11.8 Å². The third-order valence-electron chi connectivity index (χ3n) is 7.82. The molecule has 2 N–H and O–H groups in total. The summed E-state index contributed by atoms with van der Waals surface area (Å²) in [5.74, 6) is 0.401. The summed E-state index contributed by atoms with van der Waals surface area (Å²) in [5, 5.41) is 6.72. The largest absolute Gasteiger partial charge is 0.340 e. The van der Waals surface area contributed by atoms with E-state index in [-0.39, 0.29) is 11.8 Å². The summed E-state index contributed by atoms with van der Waals surface area (Å²) >= 11 is 0. The fraction of sp³-hybridized carbons (Fsp3) is 0.419. The second-order valence-corrected chi connectivity index (χ2v) is 10.7. The lowest BCUT2D eigenvalue weighted by Gasteiger charge is -2.34. The molecule has 1 aromatic heterocycles. The van der Waals surface area contributed by atoms with Gasteiger partial charge in [-0.2, -0.15) is 0 Å². The molecule has 0 unspecified atom stereocenters. The van der Waals surface area contributed by atoms with E-state index in [1.807, 2.05) is 58.3 Å². The lowest BCUT2D eigenvalue weighted by molar-refractivity contribution is -0.135. The molecule has 0 radical (unpaired) electrons. The molecule has 7 heteroatoms. The zero-order chi connectivity index (χ0) is 26.5. The number of amides is 2. The van der Waals surface area contributed by atoms with Crippen molar-refractivity contribution in [1.82, 2.24) is 25.0 Å². The fourth-order valence-corrected chi connectivity index (χ4v) is 5.23. The van der Waals surface area contributed by atoms with Crippen LogP contribution in [0.1, 0.15) is 46.7 Å². The zero-order valence-electron chi connectivity index (χ0n) is 22.5. The van der Waals surface area contributed by atoms with Crippen molar-refractivity contribution in [3.63, 3.8) is 0 Å². The van der Waals surface area contributed by atoms with Crippen LogP contribution in [-0.4, -0.2) is 78.0 Å². The highest BCUT2D eigenvalue weighted by Gasteiger charge is 2.37. The Morgan fingerprint density at radius 3 is 2.32 bits per heavy atom. The van der Waals surface area contributed by atoms with Gasteiger partial charge in [0, 0.05) is 61.8 Å². The van der Waals surface area contributed by atoms with Crippen molar-refractivity contribution in [3.8, 4) is 5.69 Å². The van der Waals surface area contributed by atoms with Crippen LogP contribution in [0.25, 0.3) is 5.69 Å². The van der Waals surface area contributed by atoms with Crippen molar-refractivity contribution in [2.45, 2.75) is 44.2 Å². The molecule has 1 saturated heterocycles. The quantitative estimate of drug-likeness (QED) is 0.407. The molecular formula is C31H39N5O2. The number of aromatic nitrogens is 1. The van der Waals surface area contributed by atoms with Crippen molar-refractivity contribution in [2.24, 2.45) is 0 Å². The van der Waals surface area contributed by atoms with E-state index in [0.29, 0.717) is 37.0 Å². The van der Waals surface area contributed by atoms with Crippen LogP contribution < -0.4 is 10.6 Å². The normalized spacial score (nSPS) is 20.2. The van der Waals surface area contributed by atoms with E-state index in [9.17, 15) is 9.59 Å². The van der Waals surface area contributed by atoms with E-state index in [4.69, 9.17) is 0 Å². The highest BCUT2D eigenvalue weighted by Crippen LogP contribution is 2.40. The predicted octanol–water partition coefficient (Wildman–Crippen LogP) is 3.58. The summed E-state index contributed by atoms with van der Waals surface area (Å²) in [6, 6.07) is 20.2. The number of carbonyl (C=O) groups excluding carboxylic acids is 2. The molecule has 2 aliphatic rings. The van der Waals surface area contributed by atoms with Gasteiger partial charge in [-0.3, -0.25) is 9.59 Å². The van der Waals surface area contributed by atoms with Gasteiger partial charge in [0.1, 0.15) is 6.04 Å². The average Bonchev–Trinajstić information content (AvgIpc) is 3.49. The smallest absolute Gasteiger partial charge is 0.251 e.